The molecule has 0 bridgehead atoms. The van der Waals surface area contributed by atoms with E-state index in [4.69, 9.17) is 9.47 Å². The third kappa shape index (κ3) is 3.58. The van der Waals surface area contributed by atoms with Crippen molar-refractivity contribution in [3.8, 4) is 0 Å². The monoisotopic (exact) mass is 296 g/mol. The molecule has 0 unspecified atom stereocenters. The summed E-state index contributed by atoms with van der Waals surface area (Å²) in [5.41, 5.74) is 0.0368. The van der Waals surface area contributed by atoms with Gasteiger partial charge >= 0.3 is 0 Å². The predicted molar refractivity (Wildman–Crippen MR) is 80.1 cm³/mol. The minimum absolute atomic E-state index is 0.0368. The van der Waals surface area contributed by atoms with E-state index in [9.17, 15) is 4.79 Å². The molecule has 3 fully saturated rings. The van der Waals surface area contributed by atoms with Crippen molar-refractivity contribution >= 4 is 5.91 Å². The van der Waals surface area contributed by atoms with Crippen molar-refractivity contribution in [3.63, 3.8) is 0 Å². The lowest BCUT2D eigenvalue weighted by atomic mass is 9.77. The van der Waals surface area contributed by atoms with Gasteiger partial charge in [-0.2, -0.15) is 0 Å². The minimum atomic E-state index is 0.0368. The quantitative estimate of drug-likeness (QED) is 0.733. The van der Waals surface area contributed by atoms with Crippen LogP contribution in [0.4, 0.5) is 0 Å². The number of likely N-dealkylation sites (N-methyl/N-ethyl adjacent to an activating group) is 1. The summed E-state index contributed by atoms with van der Waals surface area (Å²) < 4.78 is 11.9. The second kappa shape index (κ2) is 6.23. The highest BCUT2D eigenvalue weighted by molar-refractivity contribution is 5.78. The van der Waals surface area contributed by atoms with Crippen molar-refractivity contribution < 1.29 is 14.3 Å². The molecule has 1 amide bonds. The zero-order valence-electron chi connectivity index (χ0n) is 13.3. The molecule has 5 nitrogen and oxygen atoms in total. The van der Waals surface area contributed by atoms with Gasteiger partial charge in [0, 0.05) is 31.7 Å². The molecule has 0 radical (unpaired) electrons. The largest absolute Gasteiger partial charge is 0.380 e. The van der Waals surface area contributed by atoms with Crippen LogP contribution in [0.25, 0.3) is 0 Å². The summed E-state index contributed by atoms with van der Waals surface area (Å²) in [5.74, 6) is 1.02. The molecule has 0 aromatic rings. The molecule has 2 saturated heterocycles. The fourth-order valence-corrected chi connectivity index (χ4v) is 3.55. The van der Waals surface area contributed by atoms with Gasteiger partial charge in [-0.05, 0) is 45.7 Å². The first kappa shape index (κ1) is 15.3. The Morgan fingerprint density at radius 2 is 2.19 bits per heavy atom. The number of amides is 1. The van der Waals surface area contributed by atoms with Crippen molar-refractivity contribution in [1.82, 2.24) is 9.80 Å². The van der Waals surface area contributed by atoms with E-state index in [2.05, 4.69) is 0 Å². The Balaban J connectivity index is 1.59. The standard InChI is InChI=1S/C16H28N2O3/c1-17(2)9-15(19)18-7-5-14-16(11-18,6-8-21-14)12-20-10-13-3-4-13/h13-14H,3-12H2,1-2H3/t14-,16+/m1/s1. The SMILES string of the molecule is CN(C)CC(=O)N1CC[C@H]2OCC[C@@]2(COCC2CC2)C1. The lowest BCUT2D eigenvalue weighted by molar-refractivity contribution is -0.140. The average molecular weight is 296 g/mol. The van der Waals surface area contributed by atoms with Crippen molar-refractivity contribution in [2.45, 2.75) is 31.8 Å². The highest BCUT2D eigenvalue weighted by atomic mass is 16.5. The van der Waals surface area contributed by atoms with Gasteiger partial charge in [0.2, 0.25) is 5.91 Å². The number of fused-ring (bicyclic) bond motifs is 1. The number of ether oxygens (including phenoxy) is 2. The molecule has 5 heteroatoms. The zero-order valence-corrected chi connectivity index (χ0v) is 13.3. The van der Waals surface area contributed by atoms with E-state index in [1.54, 1.807) is 0 Å². The molecular formula is C16H28N2O3. The number of rotatable bonds is 6. The van der Waals surface area contributed by atoms with Crippen LogP contribution in [0.15, 0.2) is 0 Å². The molecule has 3 aliphatic rings. The Labute approximate surface area is 127 Å². The molecule has 0 spiro atoms. The number of carbonyl (C=O) groups excluding carboxylic acids is 1. The second-order valence-corrected chi connectivity index (χ2v) is 7.27. The predicted octanol–water partition coefficient (Wildman–Crippen LogP) is 0.982. The summed E-state index contributed by atoms with van der Waals surface area (Å²) in [6, 6.07) is 0. The van der Waals surface area contributed by atoms with Gasteiger partial charge in [0.15, 0.2) is 0 Å². The molecule has 2 heterocycles. The Morgan fingerprint density at radius 1 is 1.38 bits per heavy atom. The van der Waals surface area contributed by atoms with E-state index in [-0.39, 0.29) is 17.4 Å². The zero-order chi connectivity index (χ0) is 14.9. The minimum Gasteiger partial charge on any atom is -0.380 e. The fourth-order valence-electron chi connectivity index (χ4n) is 3.55. The van der Waals surface area contributed by atoms with Gasteiger partial charge in [-0.1, -0.05) is 0 Å². The first-order valence-electron chi connectivity index (χ1n) is 8.21. The lowest BCUT2D eigenvalue weighted by Gasteiger charge is -2.43. The van der Waals surface area contributed by atoms with Crippen LogP contribution >= 0.6 is 0 Å². The van der Waals surface area contributed by atoms with Crippen LogP contribution in [0.2, 0.25) is 0 Å². The first-order valence-corrected chi connectivity index (χ1v) is 8.21. The van der Waals surface area contributed by atoms with Crippen LogP contribution in [0.5, 0.6) is 0 Å². The van der Waals surface area contributed by atoms with Crippen molar-refractivity contribution in [2.75, 3.05) is 53.6 Å². The van der Waals surface area contributed by atoms with Crippen LogP contribution in [0.1, 0.15) is 25.7 Å². The Hall–Kier alpha value is -0.650. The van der Waals surface area contributed by atoms with Gasteiger partial charge in [0.1, 0.15) is 0 Å². The van der Waals surface area contributed by atoms with E-state index in [1.807, 2.05) is 23.9 Å². The maximum absolute atomic E-state index is 12.3. The van der Waals surface area contributed by atoms with Gasteiger partial charge < -0.3 is 19.3 Å². The van der Waals surface area contributed by atoms with Crippen LogP contribution in [-0.4, -0.2) is 75.4 Å². The number of piperidine rings is 1. The smallest absolute Gasteiger partial charge is 0.236 e. The lowest BCUT2D eigenvalue weighted by Crippen LogP contribution is -2.55. The van der Waals surface area contributed by atoms with Crippen LogP contribution in [-0.2, 0) is 14.3 Å². The number of hydrogen-bond acceptors (Lipinski definition) is 4. The van der Waals surface area contributed by atoms with Gasteiger partial charge in [0.25, 0.3) is 0 Å². The summed E-state index contributed by atoms with van der Waals surface area (Å²) >= 11 is 0. The number of nitrogens with zero attached hydrogens (tertiary/aromatic N) is 2. The molecule has 3 rings (SSSR count). The first-order chi connectivity index (χ1) is 10.1. The van der Waals surface area contributed by atoms with Gasteiger partial charge in [0.05, 0.1) is 19.3 Å². The maximum atomic E-state index is 12.3. The van der Waals surface area contributed by atoms with Crippen LogP contribution in [0, 0.1) is 11.3 Å². The molecular weight excluding hydrogens is 268 g/mol. The Kier molecular flexibility index (Phi) is 4.52. The highest BCUT2D eigenvalue weighted by Gasteiger charge is 2.49. The number of likely N-dealkylation sites (tertiary alicyclic amines) is 1. The third-order valence-electron chi connectivity index (χ3n) is 5.01. The molecule has 120 valence electrons. The summed E-state index contributed by atoms with van der Waals surface area (Å²) in [4.78, 5) is 16.3. The summed E-state index contributed by atoms with van der Waals surface area (Å²) in [6.45, 7) is 4.56. The Bertz CT molecular complexity index is 384. The summed E-state index contributed by atoms with van der Waals surface area (Å²) in [5, 5.41) is 0. The van der Waals surface area contributed by atoms with E-state index in [0.717, 1.165) is 51.7 Å². The fraction of sp³-hybridized carbons (Fsp3) is 0.938. The molecule has 0 aromatic heterocycles. The van der Waals surface area contributed by atoms with Gasteiger partial charge in [-0.25, -0.2) is 0 Å². The topological polar surface area (TPSA) is 42.0 Å². The van der Waals surface area contributed by atoms with E-state index in [0.29, 0.717) is 6.54 Å². The van der Waals surface area contributed by atoms with Crippen molar-refractivity contribution in [2.24, 2.45) is 11.3 Å². The van der Waals surface area contributed by atoms with Gasteiger partial charge in [-0.3, -0.25) is 4.79 Å². The third-order valence-corrected chi connectivity index (χ3v) is 5.01. The van der Waals surface area contributed by atoms with E-state index in [1.165, 1.54) is 12.8 Å². The molecule has 2 atom stereocenters. The second-order valence-electron chi connectivity index (χ2n) is 7.27. The summed E-state index contributed by atoms with van der Waals surface area (Å²) in [7, 11) is 3.88. The summed E-state index contributed by atoms with van der Waals surface area (Å²) in [6.07, 6.45) is 4.89. The molecule has 0 N–H and O–H groups in total. The molecule has 0 aromatic carbocycles. The number of carbonyl (C=O) groups is 1. The van der Waals surface area contributed by atoms with E-state index < -0.39 is 0 Å². The van der Waals surface area contributed by atoms with Gasteiger partial charge in [-0.15, -0.1) is 0 Å². The van der Waals surface area contributed by atoms with Crippen LogP contribution < -0.4 is 0 Å². The van der Waals surface area contributed by atoms with Crippen LogP contribution in [0.3, 0.4) is 0 Å². The molecule has 1 saturated carbocycles. The average Bonchev–Trinajstić information content (AvgIpc) is 3.15. The Morgan fingerprint density at radius 3 is 2.90 bits per heavy atom. The van der Waals surface area contributed by atoms with Crippen molar-refractivity contribution in [3.05, 3.63) is 0 Å². The molecule has 21 heavy (non-hydrogen) atoms. The normalized spacial score (nSPS) is 32.5. The molecule has 2 aliphatic heterocycles. The van der Waals surface area contributed by atoms with Crippen molar-refractivity contribution in [1.29, 1.82) is 0 Å². The van der Waals surface area contributed by atoms with E-state index >= 15 is 0 Å². The maximum Gasteiger partial charge on any atom is 0.236 e. The number of hydrogen-bond donors (Lipinski definition) is 0. The highest BCUT2D eigenvalue weighted by Crippen LogP contribution is 2.41. The molecule has 1 aliphatic carbocycles.